The first-order valence-electron chi connectivity index (χ1n) is 9.79. The lowest BCUT2D eigenvalue weighted by atomic mass is 9.91. The highest BCUT2D eigenvalue weighted by Gasteiger charge is 2.56. The van der Waals surface area contributed by atoms with Gasteiger partial charge in [-0.05, 0) is 26.2 Å². The molecule has 0 radical (unpaired) electrons. The van der Waals surface area contributed by atoms with E-state index in [0.717, 1.165) is 16.9 Å². The number of thiazole rings is 1. The molecule has 3 nitrogen and oxygen atoms in total. The zero-order valence-electron chi connectivity index (χ0n) is 16.9. The second kappa shape index (κ2) is 10.1. The van der Waals surface area contributed by atoms with E-state index in [-0.39, 0.29) is 12.0 Å². The largest absolute Gasteiger partial charge is 0.413 e. The summed E-state index contributed by atoms with van der Waals surface area (Å²) in [5.74, 6) is -0.735. The third kappa shape index (κ3) is 7.31. The Balaban J connectivity index is 2.02. The number of hydrogen-bond acceptors (Lipinski definition) is 4. The SMILES string of the molecule is Cc1ccc(C(=O)CC(N)(c2ncc(CCCCCCC(F)(F)F)s2)C(F)(F)F)cc1. The number of aryl methyl sites for hydroxylation is 2. The molecule has 0 bridgehead atoms. The van der Waals surface area contributed by atoms with E-state index < -0.39 is 41.5 Å². The summed E-state index contributed by atoms with van der Waals surface area (Å²) in [6, 6.07) is 6.19. The van der Waals surface area contributed by atoms with E-state index in [1.807, 2.05) is 0 Å². The Kier molecular flexibility index (Phi) is 8.27. The van der Waals surface area contributed by atoms with Crippen molar-refractivity contribution in [3.63, 3.8) is 0 Å². The lowest BCUT2D eigenvalue weighted by Gasteiger charge is -2.29. The minimum atomic E-state index is -4.89. The first-order chi connectivity index (χ1) is 14.3. The summed E-state index contributed by atoms with van der Waals surface area (Å²) in [4.78, 5) is 16.8. The molecule has 0 spiro atoms. The van der Waals surface area contributed by atoms with Gasteiger partial charge in [-0.2, -0.15) is 26.3 Å². The molecule has 2 N–H and O–H groups in total. The number of halogens is 6. The van der Waals surface area contributed by atoms with Crippen molar-refractivity contribution in [2.24, 2.45) is 5.73 Å². The first-order valence-corrected chi connectivity index (χ1v) is 10.6. The molecule has 0 aliphatic carbocycles. The Labute approximate surface area is 180 Å². The monoisotopic (exact) mass is 466 g/mol. The van der Waals surface area contributed by atoms with Crippen LogP contribution in [-0.4, -0.2) is 23.1 Å². The number of carbonyl (C=O) groups is 1. The number of nitrogens with zero attached hydrogens (tertiary/aromatic N) is 1. The van der Waals surface area contributed by atoms with E-state index in [2.05, 4.69) is 4.98 Å². The van der Waals surface area contributed by atoms with Gasteiger partial charge in [-0.25, -0.2) is 4.98 Å². The number of unbranched alkanes of at least 4 members (excludes halogenated alkanes) is 3. The number of rotatable bonds is 10. The van der Waals surface area contributed by atoms with E-state index in [9.17, 15) is 31.1 Å². The number of alkyl halides is 6. The van der Waals surface area contributed by atoms with Gasteiger partial charge in [0, 0.05) is 29.5 Å². The highest BCUT2D eigenvalue weighted by Crippen LogP contribution is 2.42. The van der Waals surface area contributed by atoms with Crippen LogP contribution in [0.5, 0.6) is 0 Å². The second-order valence-electron chi connectivity index (χ2n) is 7.60. The molecular weight excluding hydrogens is 442 g/mol. The summed E-state index contributed by atoms with van der Waals surface area (Å²) in [6.07, 6.45) is -7.71. The van der Waals surface area contributed by atoms with E-state index >= 15 is 0 Å². The van der Waals surface area contributed by atoms with Crippen LogP contribution in [0.1, 0.15) is 64.3 Å². The number of nitrogens with two attached hydrogens (primary N) is 1. The van der Waals surface area contributed by atoms with Gasteiger partial charge in [-0.1, -0.05) is 42.7 Å². The normalized spacial score (nSPS) is 14.5. The molecule has 0 fully saturated rings. The number of aromatic nitrogens is 1. The van der Waals surface area contributed by atoms with E-state index in [4.69, 9.17) is 5.73 Å². The minimum absolute atomic E-state index is 0.0263. The van der Waals surface area contributed by atoms with Crippen LogP contribution in [0.4, 0.5) is 26.3 Å². The standard InChI is InChI=1S/C21H24F6N2OS/c1-14-7-9-15(10-8-14)17(30)12-19(28,21(25,26)27)18-29-13-16(31-18)6-4-2-3-5-11-20(22,23)24/h7-10,13H,2-6,11-12,28H2,1H3. The predicted molar refractivity (Wildman–Crippen MR) is 107 cm³/mol. The lowest BCUT2D eigenvalue weighted by Crippen LogP contribution is -2.51. The summed E-state index contributed by atoms with van der Waals surface area (Å²) >= 11 is 0.786. The second-order valence-corrected chi connectivity index (χ2v) is 8.71. The van der Waals surface area contributed by atoms with Crippen molar-refractivity contribution in [1.82, 2.24) is 4.98 Å². The number of carbonyl (C=O) groups excluding carboxylic acids is 1. The third-order valence-electron chi connectivity index (χ3n) is 4.89. The molecular formula is C21H24F6N2OS. The molecule has 1 heterocycles. The van der Waals surface area contributed by atoms with Crippen LogP contribution >= 0.6 is 11.3 Å². The smallest absolute Gasteiger partial charge is 0.311 e. The maximum atomic E-state index is 13.8. The van der Waals surface area contributed by atoms with Gasteiger partial charge in [0.2, 0.25) is 0 Å². The van der Waals surface area contributed by atoms with Crippen molar-refractivity contribution in [2.45, 2.75) is 69.8 Å². The zero-order valence-corrected chi connectivity index (χ0v) is 17.8. The summed E-state index contributed by atoms with van der Waals surface area (Å²) in [5.41, 5.74) is 3.81. The Morgan fingerprint density at radius 2 is 1.61 bits per heavy atom. The fourth-order valence-electron chi connectivity index (χ4n) is 3.00. The maximum Gasteiger partial charge on any atom is 0.413 e. The molecule has 0 aliphatic rings. The molecule has 0 saturated carbocycles. The van der Waals surface area contributed by atoms with Crippen molar-refractivity contribution in [2.75, 3.05) is 0 Å². The fraction of sp³-hybridized carbons (Fsp3) is 0.524. The maximum absolute atomic E-state index is 13.8. The molecule has 1 unspecified atom stereocenters. The van der Waals surface area contributed by atoms with E-state index in [1.165, 1.54) is 18.3 Å². The molecule has 2 aromatic rings. The molecule has 0 aliphatic heterocycles. The van der Waals surface area contributed by atoms with Gasteiger partial charge < -0.3 is 5.73 Å². The summed E-state index contributed by atoms with van der Waals surface area (Å²) in [5, 5.41) is -0.396. The fourth-order valence-corrected chi connectivity index (χ4v) is 4.08. The number of ketones is 1. The van der Waals surface area contributed by atoms with Crippen LogP contribution < -0.4 is 5.73 Å². The minimum Gasteiger partial charge on any atom is -0.311 e. The van der Waals surface area contributed by atoms with Gasteiger partial charge in [0.1, 0.15) is 5.01 Å². The van der Waals surface area contributed by atoms with Crippen LogP contribution in [0.15, 0.2) is 30.5 Å². The number of benzene rings is 1. The average Bonchev–Trinajstić information content (AvgIpc) is 3.12. The van der Waals surface area contributed by atoms with Crippen molar-refractivity contribution < 1.29 is 31.1 Å². The van der Waals surface area contributed by atoms with Crippen molar-refractivity contribution in [3.8, 4) is 0 Å². The molecule has 0 saturated heterocycles. The lowest BCUT2D eigenvalue weighted by molar-refractivity contribution is -0.188. The molecule has 2 rings (SSSR count). The van der Waals surface area contributed by atoms with Crippen LogP contribution in [0.25, 0.3) is 0 Å². The highest BCUT2D eigenvalue weighted by atomic mass is 32.1. The molecule has 1 atom stereocenters. The molecule has 10 heteroatoms. The van der Waals surface area contributed by atoms with Gasteiger partial charge in [-0.15, -0.1) is 11.3 Å². The van der Waals surface area contributed by atoms with Crippen LogP contribution in [-0.2, 0) is 12.0 Å². The third-order valence-corrected chi connectivity index (χ3v) is 6.12. The predicted octanol–water partition coefficient (Wildman–Crippen LogP) is 6.50. The molecule has 31 heavy (non-hydrogen) atoms. The van der Waals surface area contributed by atoms with Crippen LogP contribution in [0, 0.1) is 6.92 Å². The molecule has 1 aromatic carbocycles. The highest BCUT2D eigenvalue weighted by molar-refractivity contribution is 7.11. The van der Waals surface area contributed by atoms with E-state index in [0.29, 0.717) is 30.6 Å². The van der Waals surface area contributed by atoms with Crippen molar-refractivity contribution in [3.05, 3.63) is 51.5 Å². The van der Waals surface area contributed by atoms with Gasteiger partial charge in [-0.3, -0.25) is 4.79 Å². The van der Waals surface area contributed by atoms with Crippen molar-refractivity contribution >= 4 is 17.1 Å². The Morgan fingerprint density at radius 1 is 1.00 bits per heavy atom. The number of Topliss-reactive ketones (excluding diaryl/α,β-unsaturated/α-hetero) is 1. The molecule has 1 aromatic heterocycles. The van der Waals surface area contributed by atoms with Crippen molar-refractivity contribution in [1.29, 1.82) is 0 Å². The zero-order chi connectivity index (χ0) is 23.3. The Bertz CT molecular complexity index is 860. The van der Waals surface area contributed by atoms with Gasteiger partial charge in [0.05, 0.1) is 0 Å². The van der Waals surface area contributed by atoms with Crippen LogP contribution in [0.2, 0.25) is 0 Å². The first kappa shape index (κ1) is 25.3. The topological polar surface area (TPSA) is 56.0 Å². The summed E-state index contributed by atoms with van der Waals surface area (Å²) in [7, 11) is 0. The molecule has 0 amide bonds. The van der Waals surface area contributed by atoms with E-state index in [1.54, 1.807) is 19.1 Å². The average molecular weight is 466 g/mol. The Morgan fingerprint density at radius 3 is 2.19 bits per heavy atom. The Hall–Kier alpha value is -1.94. The number of hydrogen-bond donors (Lipinski definition) is 1. The van der Waals surface area contributed by atoms with Gasteiger partial charge >= 0.3 is 12.4 Å². The van der Waals surface area contributed by atoms with Gasteiger partial charge in [0.25, 0.3) is 0 Å². The van der Waals surface area contributed by atoms with Crippen LogP contribution in [0.3, 0.4) is 0 Å². The quantitative estimate of drug-likeness (QED) is 0.247. The molecule has 172 valence electrons. The summed E-state index contributed by atoms with van der Waals surface area (Å²) in [6.45, 7) is 1.80. The van der Waals surface area contributed by atoms with Gasteiger partial charge in [0.15, 0.2) is 11.3 Å². The summed E-state index contributed by atoms with van der Waals surface area (Å²) < 4.78 is 77.8.